The summed E-state index contributed by atoms with van der Waals surface area (Å²) in [6, 6.07) is 9.29. The molecule has 0 heterocycles. The highest BCUT2D eigenvalue weighted by Gasteiger charge is 2.41. The molecule has 2 N–H and O–H groups in total. The van der Waals surface area contributed by atoms with Gasteiger partial charge in [-0.3, -0.25) is 9.59 Å². The van der Waals surface area contributed by atoms with Crippen LogP contribution in [0.1, 0.15) is 38.7 Å². The Balaban J connectivity index is 3.23. The van der Waals surface area contributed by atoms with Crippen molar-refractivity contribution in [2.75, 3.05) is 0 Å². The first-order chi connectivity index (χ1) is 9.40. The number of hydrogen-bond donors (Lipinski definition) is 2. The van der Waals surface area contributed by atoms with Crippen LogP contribution < -0.4 is 0 Å². The fourth-order valence-electron chi connectivity index (χ4n) is 2.83. The molecule has 0 saturated heterocycles. The molecule has 0 aliphatic rings. The van der Waals surface area contributed by atoms with Crippen molar-refractivity contribution in [1.82, 2.24) is 0 Å². The van der Waals surface area contributed by atoms with Crippen LogP contribution in [0.2, 0.25) is 0 Å². The van der Waals surface area contributed by atoms with E-state index in [-0.39, 0.29) is 11.8 Å². The summed E-state index contributed by atoms with van der Waals surface area (Å²) in [6.45, 7) is 5.41. The zero-order valence-corrected chi connectivity index (χ0v) is 12.1. The highest BCUT2D eigenvalue weighted by atomic mass is 16.4. The van der Waals surface area contributed by atoms with Gasteiger partial charge in [-0.05, 0) is 23.8 Å². The highest BCUT2D eigenvalue weighted by Crippen LogP contribution is 2.36. The minimum absolute atomic E-state index is 0.230. The summed E-state index contributed by atoms with van der Waals surface area (Å²) in [5.74, 6) is -4.41. The maximum Gasteiger partial charge on any atom is 0.308 e. The molecule has 0 aromatic heterocycles. The lowest BCUT2D eigenvalue weighted by Crippen LogP contribution is -2.37. The first-order valence-corrected chi connectivity index (χ1v) is 6.90. The minimum Gasteiger partial charge on any atom is -0.481 e. The number of rotatable bonds is 7. The van der Waals surface area contributed by atoms with Crippen LogP contribution >= 0.6 is 0 Å². The normalized spacial score (nSPS) is 15.6. The molecule has 110 valence electrons. The van der Waals surface area contributed by atoms with Gasteiger partial charge in [0.05, 0.1) is 11.8 Å². The molecule has 0 bridgehead atoms. The number of carbonyl (C=O) groups is 2. The van der Waals surface area contributed by atoms with Gasteiger partial charge >= 0.3 is 11.9 Å². The van der Waals surface area contributed by atoms with E-state index in [2.05, 4.69) is 0 Å². The van der Waals surface area contributed by atoms with E-state index in [4.69, 9.17) is 0 Å². The summed E-state index contributed by atoms with van der Waals surface area (Å²) in [5, 5.41) is 18.9. The summed E-state index contributed by atoms with van der Waals surface area (Å²) < 4.78 is 0. The fourth-order valence-corrected chi connectivity index (χ4v) is 2.83. The average molecular weight is 278 g/mol. The second kappa shape index (κ2) is 7.08. The maximum absolute atomic E-state index is 11.7. The van der Waals surface area contributed by atoms with E-state index in [1.54, 1.807) is 13.8 Å². The monoisotopic (exact) mass is 278 g/mol. The van der Waals surface area contributed by atoms with Crippen molar-refractivity contribution in [3.8, 4) is 0 Å². The van der Waals surface area contributed by atoms with E-state index >= 15 is 0 Å². The zero-order valence-electron chi connectivity index (χ0n) is 12.1. The molecular weight excluding hydrogens is 256 g/mol. The Hall–Kier alpha value is -1.84. The number of benzene rings is 1. The van der Waals surface area contributed by atoms with Crippen LogP contribution in [0, 0.1) is 17.8 Å². The smallest absolute Gasteiger partial charge is 0.308 e. The predicted molar refractivity (Wildman–Crippen MR) is 76.6 cm³/mol. The van der Waals surface area contributed by atoms with Crippen molar-refractivity contribution in [2.24, 2.45) is 17.8 Å². The zero-order chi connectivity index (χ0) is 15.3. The molecule has 1 rings (SSSR count). The van der Waals surface area contributed by atoms with E-state index in [9.17, 15) is 19.8 Å². The van der Waals surface area contributed by atoms with Gasteiger partial charge in [-0.15, -0.1) is 0 Å². The molecule has 4 nitrogen and oxygen atoms in total. The number of hydrogen-bond acceptors (Lipinski definition) is 2. The Labute approximate surface area is 119 Å². The van der Waals surface area contributed by atoms with Gasteiger partial charge in [-0.25, -0.2) is 0 Å². The Morgan fingerprint density at radius 3 is 1.85 bits per heavy atom. The Kier molecular flexibility index (Phi) is 5.74. The van der Waals surface area contributed by atoms with Gasteiger partial charge in [0.15, 0.2) is 0 Å². The Morgan fingerprint density at radius 1 is 1.00 bits per heavy atom. The molecule has 1 aromatic rings. The predicted octanol–water partition coefficient (Wildman–Crippen LogP) is 3.24. The average Bonchev–Trinajstić information content (AvgIpc) is 2.38. The second-order valence-corrected chi connectivity index (χ2v) is 5.40. The third-order valence-corrected chi connectivity index (χ3v) is 3.78. The second-order valence-electron chi connectivity index (χ2n) is 5.40. The lowest BCUT2D eigenvalue weighted by molar-refractivity contribution is -0.156. The van der Waals surface area contributed by atoms with Crippen molar-refractivity contribution in [3.63, 3.8) is 0 Å². The van der Waals surface area contributed by atoms with Gasteiger partial charge < -0.3 is 10.2 Å². The lowest BCUT2D eigenvalue weighted by Gasteiger charge is -2.30. The van der Waals surface area contributed by atoms with Crippen LogP contribution in [-0.2, 0) is 9.59 Å². The summed E-state index contributed by atoms with van der Waals surface area (Å²) in [7, 11) is 0. The lowest BCUT2D eigenvalue weighted by atomic mass is 9.72. The largest absolute Gasteiger partial charge is 0.481 e. The van der Waals surface area contributed by atoms with Gasteiger partial charge in [0.1, 0.15) is 0 Å². The van der Waals surface area contributed by atoms with E-state index in [0.29, 0.717) is 6.42 Å². The van der Waals surface area contributed by atoms with Crippen LogP contribution in [0.3, 0.4) is 0 Å². The van der Waals surface area contributed by atoms with E-state index in [1.165, 1.54) is 0 Å². The third kappa shape index (κ3) is 3.59. The highest BCUT2D eigenvalue weighted by molar-refractivity contribution is 5.81. The molecule has 0 spiro atoms. The molecule has 20 heavy (non-hydrogen) atoms. The number of aliphatic carboxylic acids is 2. The van der Waals surface area contributed by atoms with Crippen molar-refractivity contribution >= 4 is 11.9 Å². The number of carboxylic acids is 2. The van der Waals surface area contributed by atoms with Crippen molar-refractivity contribution in [3.05, 3.63) is 35.9 Å². The molecule has 0 aliphatic carbocycles. The van der Waals surface area contributed by atoms with Crippen LogP contribution in [0.15, 0.2) is 30.3 Å². The Morgan fingerprint density at radius 2 is 1.50 bits per heavy atom. The molecule has 4 heteroatoms. The van der Waals surface area contributed by atoms with Crippen LogP contribution in [0.4, 0.5) is 0 Å². The fraction of sp³-hybridized carbons (Fsp3) is 0.500. The van der Waals surface area contributed by atoms with Crippen LogP contribution in [0.5, 0.6) is 0 Å². The topological polar surface area (TPSA) is 74.6 Å². The van der Waals surface area contributed by atoms with E-state index in [1.807, 2.05) is 37.3 Å². The van der Waals surface area contributed by atoms with Gasteiger partial charge in [0.2, 0.25) is 0 Å². The van der Waals surface area contributed by atoms with Gasteiger partial charge in [-0.1, -0.05) is 51.1 Å². The maximum atomic E-state index is 11.7. The molecular formula is C16H22O4. The minimum atomic E-state index is -1.04. The standard InChI is InChI=1S/C16H22O4/c1-4-12(11-8-6-5-7-9-11)14(16(19)20)13(10(2)3)15(17)18/h5-10,12-14H,4H2,1-3H3,(H,17,18)(H,19,20). The first kappa shape index (κ1) is 16.2. The van der Waals surface area contributed by atoms with E-state index < -0.39 is 23.8 Å². The van der Waals surface area contributed by atoms with Gasteiger partial charge in [0, 0.05) is 0 Å². The molecule has 3 unspecified atom stereocenters. The first-order valence-electron chi connectivity index (χ1n) is 6.90. The molecule has 0 saturated carbocycles. The summed E-state index contributed by atoms with van der Waals surface area (Å²) in [5.41, 5.74) is 0.884. The molecule has 0 aliphatic heterocycles. The van der Waals surface area contributed by atoms with Crippen molar-refractivity contribution in [1.29, 1.82) is 0 Å². The van der Waals surface area contributed by atoms with Gasteiger partial charge in [0.25, 0.3) is 0 Å². The van der Waals surface area contributed by atoms with Crippen molar-refractivity contribution < 1.29 is 19.8 Å². The third-order valence-electron chi connectivity index (χ3n) is 3.78. The summed E-state index contributed by atoms with van der Waals surface area (Å²) in [4.78, 5) is 23.1. The molecule has 0 fully saturated rings. The quantitative estimate of drug-likeness (QED) is 0.803. The summed E-state index contributed by atoms with van der Waals surface area (Å²) >= 11 is 0. The SMILES string of the molecule is CCC(c1ccccc1)C(C(=O)O)C(C(=O)O)C(C)C. The van der Waals surface area contributed by atoms with Crippen LogP contribution in [0.25, 0.3) is 0 Å². The van der Waals surface area contributed by atoms with Crippen LogP contribution in [-0.4, -0.2) is 22.2 Å². The number of carboxylic acid groups (broad SMARTS) is 2. The molecule has 0 radical (unpaired) electrons. The molecule has 3 atom stereocenters. The molecule has 1 aromatic carbocycles. The van der Waals surface area contributed by atoms with Crippen molar-refractivity contribution in [2.45, 2.75) is 33.1 Å². The molecule has 0 amide bonds. The van der Waals surface area contributed by atoms with Gasteiger partial charge in [-0.2, -0.15) is 0 Å². The Bertz CT molecular complexity index is 453. The van der Waals surface area contributed by atoms with E-state index in [0.717, 1.165) is 5.56 Å². The summed E-state index contributed by atoms with van der Waals surface area (Å²) in [6.07, 6.45) is 0.595.